The van der Waals surface area contributed by atoms with Gasteiger partial charge in [0, 0.05) is 23.8 Å². The van der Waals surface area contributed by atoms with Gasteiger partial charge in [-0.05, 0) is 48.0 Å². The van der Waals surface area contributed by atoms with Crippen molar-refractivity contribution < 1.29 is 109 Å². The van der Waals surface area contributed by atoms with Crippen LogP contribution in [-0.4, -0.2) is 185 Å². The molecule has 15 atom stereocenters. The molecule has 23 heteroatoms. The topological polar surface area (TPSA) is 375 Å². The predicted octanol–water partition coefficient (Wildman–Crippen LogP) is -2.63. The van der Waals surface area contributed by atoms with Crippen LogP contribution in [0.2, 0.25) is 0 Å². The van der Waals surface area contributed by atoms with E-state index in [1.807, 2.05) is 0 Å². The summed E-state index contributed by atoms with van der Waals surface area (Å²) in [5, 5.41) is 137. The lowest BCUT2D eigenvalue weighted by atomic mass is 9.89. The molecule has 0 amide bonds. The molecule has 7 rings (SSSR count). The first-order valence-corrected chi connectivity index (χ1v) is 20.3. The fraction of sp³-hybridized carbons (Fsp3) is 0.442. The average molecular weight is 933 g/mol. The number of aliphatic hydroxyl groups is 10. The number of phenols is 3. The van der Waals surface area contributed by atoms with Gasteiger partial charge in [-0.25, -0.2) is 4.79 Å². The zero-order valence-corrected chi connectivity index (χ0v) is 34.5. The van der Waals surface area contributed by atoms with Crippen molar-refractivity contribution >= 4 is 23.0 Å². The number of ether oxygens (including phenoxy) is 7. The van der Waals surface area contributed by atoms with Gasteiger partial charge in [0.05, 0.1) is 25.9 Å². The van der Waals surface area contributed by atoms with E-state index in [1.165, 1.54) is 55.7 Å². The fourth-order valence-corrected chi connectivity index (χ4v) is 7.69. The first-order chi connectivity index (χ1) is 31.4. The van der Waals surface area contributed by atoms with Gasteiger partial charge in [0.1, 0.15) is 120 Å². The summed E-state index contributed by atoms with van der Waals surface area (Å²) < 4.78 is 44.4. The Morgan fingerprint density at radius 3 is 1.98 bits per heavy atom. The Labute approximate surface area is 372 Å². The minimum atomic E-state index is -2.07. The van der Waals surface area contributed by atoms with Crippen LogP contribution in [0, 0.1) is 0 Å². The summed E-state index contributed by atoms with van der Waals surface area (Å²) >= 11 is 0. The molecule has 1 aromatic heterocycles. The van der Waals surface area contributed by atoms with Crippen LogP contribution >= 0.6 is 0 Å². The lowest BCUT2D eigenvalue weighted by molar-refractivity contribution is -0.342. The van der Waals surface area contributed by atoms with E-state index in [0.717, 1.165) is 18.2 Å². The zero-order valence-electron chi connectivity index (χ0n) is 34.5. The first kappa shape index (κ1) is 48.5. The highest BCUT2D eigenvalue weighted by molar-refractivity contribution is 5.88. The summed E-state index contributed by atoms with van der Waals surface area (Å²) in [5.74, 6) is -2.69. The molecular weight excluding hydrogens is 884 g/mol. The van der Waals surface area contributed by atoms with Crippen molar-refractivity contribution in [3.8, 4) is 40.1 Å². The van der Waals surface area contributed by atoms with E-state index in [-0.39, 0.29) is 34.2 Å². The van der Waals surface area contributed by atoms with Crippen LogP contribution in [0.1, 0.15) is 17.2 Å². The second kappa shape index (κ2) is 20.2. The zero-order chi connectivity index (χ0) is 47.7. The molecule has 4 heterocycles. The largest absolute Gasteiger partial charge is 0.507 e. The molecule has 0 radical (unpaired) electrons. The maximum atomic E-state index is 13.7. The van der Waals surface area contributed by atoms with E-state index in [9.17, 15) is 76.0 Å². The van der Waals surface area contributed by atoms with Crippen molar-refractivity contribution in [3.63, 3.8) is 0 Å². The van der Waals surface area contributed by atoms with Gasteiger partial charge in [0.2, 0.25) is 6.29 Å². The third-order valence-electron chi connectivity index (χ3n) is 11.4. The van der Waals surface area contributed by atoms with Gasteiger partial charge < -0.3 is 104 Å². The van der Waals surface area contributed by atoms with Crippen LogP contribution in [0.3, 0.4) is 0 Å². The minimum absolute atomic E-state index is 0.0779. The number of aliphatic hydroxyl groups excluding tert-OH is 10. The molecule has 13 N–H and O–H groups in total. The van der Waals surface area contributed by atoms with E-state index in [2.05, 4.69) is 0 Å². The molecule has 0 aliphatic carbocycles. The highest BCUT2D eigenvalue weighted by Crippen LogP contribution is 2.46. The maximum absolute atomic E-state index is 13.7. The second-order valence-electron chi connectivity index (χ2n) is 15.6. The Morgan fingerprint density at radius 1 is 0.697 bits per heavy atom. The average Bonchev–Trinajstić information content (AvgIpc) is 3.30. The molecule has 23 nitrogen and oxygen atoms in total. The van der Waals surface area contributed by atoms with Crippen molar-refractivity contribution in [1.82, 2.24) is 0 Å². The van der Waals surface area contributed by atoms with Gasteiger partial charge in [0.25, 0.3) is 0 Å². The molecule has 0 spiro atoms. The molecule has 0 saturated carbocycles. The molecule has 4 aromatic rings. The molecule has 3 aliphatic rings. The van der Waals surface area contributed by atoms with Gasteiger partial charge in [0.15, 0.2) is 23.2 Å². The number of fused-ring (bicyclic) bond motifs is 1. The molecule has 3 aromatic carbocycles. The Hall–Kier alpha value is -5.48. The minimum Gasteiger partial charge on any atom is -0.507 e. The third-order valence-corrected chi connectivity index (χ3v) is 11.4. The highest BCUT2D eigenvalue weighted by Gasteiger charge is 2.52. The number of hydrogen-bond acceptors (Lipinski definition) is 23. The van der Waals surface area contributed by atoms with Crippen molar-refractivity contribution in [2.24, 2.45) is 0 Å². The predicted molar refractivity (Wildman–Crippen MR) is 219 cm³/mol. The van der Waals surface area contributed by atoms with Gasteiger partial charge in [-0.15, -0.1) is 0 Å². The molecular formula is C43H48O23. The van der Waals surface area contributed by atoms with Crippen molar-refractivity contribution in [3.05, 3.63) is 82.0 Å². The van der Waals surface area contributed by atoms with Gasteiger partial charge in [-0.2, -0.15) is 0 Å². The number of carbonyl (C=O) groups excluding carboxylic acids is 1. The van der Waals surface area contributed by atoms with Gasteiger partial charge in [-0.3, -0.25) is 4.79 Å². The number of rotatable bonds is 13. The van der Waals surface area contributed by atoms with Crippen LogP contribution in [-0.2, 0) is 28.5 Å². The molecule has 66 heavy (non-hydrogen) atoms. The smallest absolute Gasteiger partial charge is 0.330 e. The lowest BCUT2D eigenvalue weighted by Crippen LogP contribution is -2.63. The van der Waals surface area contributed by atoms with E-state index >= 15 is 0 Å². The number of benzene rings is 3. The number of carbonyl (C=O) groups is 1. The van der Waals surface area contributed by atoms with Crippen molar-refractivity contribution in [2.75, 3.05) is 26.9 Å². The van der Waals surface area contributed by atoms with Crippen LogP contribution in [0.5, 0.6) is 28.7 Å². The number of hydrogen-bond donors (Lipinski definition) is 13. The number of methoxy groups -OCH3 is 1. The van der Waals surface area contributed by atoms with Gasteiger partial charge in [-0.1, -0.05) is 6.07 Å². The summed E-state index contributed by atoms with van der Waals surface area (Å²) in [6, 6.07) is 11.8. The quantitative estimate of drug-likeness (QED) is 0.0482. The lowest BCUT2D eigenvalue weighted by Gasteiger charge is -2.46. The Balaban J connectivity index is 1.11. The standard InChI is InChI=1S/C43H48O23/c1-59-23-10-16(2-8-19(23)46)3-9-28(49)60-15-27-33(52)36(55)39(58)43(65-27)66-41-37(56)32(51)25(13-44)63-40(41)30-21(48)12-24-29(34(30)53)20(47)11-22(62-24)17-4-6-18(7-5-17)61-42-38(57)35(54)31(50)26(14-45)64-42/h2-12,25-27,31-33,35-46,48,50-58H,13-15H2,1H3/b9-3+/t25?,26?,27?,31-,32-,33-,35+,36+,37+,38?,39?,40+,41?,42-,43+/m1/s1. The van der Waals surface area contributed by atoms with Crippen LogP contribution in [0.4, 0.5) is 0 Å². The summed E-state index contributed by atoms with van der Waals surface area (Å²) in [6.45, 7) is -2.31. The molecule has 3 fully saturated rings. The summed E-state index contributed by atoms with van der Waals surface area (Å²) in [7, 11) is 1.34. The van der Waals surface area contributed by atoms with E-state index in [1.54, 1.807) is 0 Å². The van der Waals surface area contributed by atoms with E-state index in [4.69, 9.17) is 37.6 Å². The normalized spacial score (nSPS) is 32.6. The second-order valence-corrected chi connectivity index (χ2v) is 15.6. The Bertz CT molecular complexity index is 2420. The number of phenolic OH excluding ortho intramolecular Hbond substituents is 3. The maximum Gasteiger partial charge on any atom is 0.330 e. The number of aromatic hydroxyl groups is 3. The van der Waals surface area contributed by atoms with Crippen molar-refractivity contribution in [2.45, 2.75) is 91.9 Å². The number of esters is 1. The van der Waals surface area contributed by atoms with E-state index < -0.39 is 146 Å². The summed E-state index contributed by atoms with van der Waals surface area (Å²) in [4.78, 5) is 26.2. The fourth-order valence-electron chi connectivity index (χ4n) is 7.69. The highest BCUT2D eigenvalue weighted by atomic mass is 16.7. The summed E-state index contributed by atoms with van der Waals surface area (Å²) in [5.41, 5.74) is -1.12. The first-order valence-electron chi connectivity index (χ1n) is 20.3. The SMILES string of the molecule is COc1cc(/C=C/C(=O)OCC2O[C@@H](OC3[C@@H](O)[C@H](O)C(CO)O[C@H]3c3c(O)cc4oc(-c5ccc(O[C@@H]6OC(CO)[C@@H](O)[C@H](O)C6O)cc5)cc(=O)c4c3O)C(O)[C@@H](O)[C@@H]2O)ccc1O. The molecule has 0 bridgehead atoms. The van der Waals surface area contributed by atoms with Crippen molar-refractivity contribution in [1.29, 1.82) is 0 Å². The monoisotopic (exact) mass is 932 g/mol. The van der Waals surface area contributed by atoms with Crippen LogP contribution in [0.15, 0.2) is 69.9 Å². The van der Waals surface area contributed by atoms with Crippen LogP contribution in [0.25, 0.3) is 28.4 Å². The molecule has 6 unspecified atom stereocenters. The molecule has 3 aliphatic heterocycles. The van der Waals surface area contributed by atoms with Gasteiger partial charge >= 0.3 is 5.97 Å². The molecule has 358 valence electrons. The Kier molecular flexibility index (Phi) is 14.8. The summed E-state index contributed by atoms with van der Waals surface area (Å²) in [6.07, 6.45) is -24.2. The van der Waals surface area contributed by atoms with Crippen LogP contribution < -0.4 is 14.9 Å². The Morgan fingerprint density at radius 2 is 1.32 bits per heavy atom. The van der Waals surface area contributed by atoms with E-state index in [0.29, 0.717) is 5.56 Å². The third kappa shape index (κ3) is 9.67. The molecule has 3 saturated heterocycles.